The third kappa shape index (κ3) is 4.23. The number of aromatic nitrogens is 2. The number of hydrogen-bond acceptors (Lipinski definition) is 7. The van der Waals surface area contributed by atoms with Gasteiger partial charge >= 0.3 is 0 Å². The monoisotopic (exact) mass is 461 g/mol. The number of para-hydroxylation sites is 2. The molecule has 8 heteroatoms. The number of piperidine rings is 1. The van der Waals surface area contributed by atoms with E-state index in [4.69, 9.17) is 18.4 Å². The van der Waals surface area contributed by atoms with E-state index in [1.807, 2.05) is 43.0 Å². The van der Waals surface area contributed by atoms with E-state index in [2.05, 4.69) is 10.1 Å². The summed E-state index contributed by atoms with van der Waals surface area (Å²) in [5.74, 6) is 2.75. The van der Waals surface area contributed by atoms with Crippen molar-refractivity contribution in [1.29, 1.82) is 0 Å². The molecule has 176 valence electrons. The van der Waals surface area contributed by atoms with Crippen molar-refractivity contribution in [3.8, 4) is 11.5 Å². The van der Waals surface area contributed by atoms with Gasteiger partial charge in [0.05, 0.1) is 18.4 Å². The minimum Gasteiger partial charge on any atom is -0.493 e. The fraction of sp³-hybridized carbons (Fsp3) is 0.346. The number of ether oxygens (including phenoxy) is 2. The smallest absolute Gasteiger partial charge is 0.253 e. The lowest BCUT2D eigenvalue weighted by molar-refractivity contribution is 0.0706. The highest BCUT2D eigenvalue weighted by Crippen LogP contribution is 2.33. The first-order chi connectivity index (χ1) is 16.5. The van der Waals surface area contributed by atoms with Gasteiger partial charge in [-0.15, -0.1) is 0 Å². The number of amides is 1. The molecule has 2 aromatic heterocycles. The Morgan fingerprint density at radius 3 is 2.62 bits per heavy atom. The fourth-order valence-corrected chi connectivity index (χ4v) is 4.35. The minimum absolute atomic E-state index is 0.0217. The number of methoxy groups -OCH3 is 1. The van der Waals surface area contributed by atoms with Crippen molar-refractivity contribution in [3.63, 3.8) is 0 Å². The number of nitrogens with zero attached hydrogens (tertiary/aromatic N) is 3. The van der Waals surface area contributed by atoms with E-state index in [0.29, 0.717) is 36.8 Å². The molecule has 0 aliphatic carbocycles. The molecule has 0 atom stereocenters. The van der Waals surface area contributed by atoms with Crippen LogP contribution in [0, 0.1) is 13.8 Å². The fourth-order valence-electron chi connectivity index (χ4n) is 4.35. The summed E-state index contributed by atoms with van der Waals surface area (Å²) in [6.07, 6.45) is 1.63. The highest BCUT2D eigenvalue weighted by atomic mass is 16.5. The number of likely N-dealkylation sites (tertiary alicyclic amines) is 1. The molecule has 2 aromatic carbocycles. The SMILES string of the molecule is COc1cc(C(=O)N2CCC(c3nc4ccccc4o3)CC2)ccc1OCc1c(C)noc1C. The lowest BCUT2D eigenvalue weighted by atomic mass is 9.96. The number of aryl methyl sites for hydroxylation is 2. The summed E-state index contributed by atoms with van der Waals surface area (Å²) in [5, 5.41) is 3.95. The molecule has 0 unspecified atom stereocenters. The zero-order chi connectivity index (χ0) is 23.7. The molecule has 1 amide bonds. The predicted octanol–water partition coefficient (Wildman–Crippen LogP) is 5.04. The van der Waals surface area contributed by atoms with Crippen LogP contribution in [0.25, 0.3) is 11.1 Å². The number of fused-ring (bicyclic) bond motifs is 1. The Kier molecular flexibility index (Phi) is 5.96. The normalized spacial score (nSPS) is 14.5. The molecule has 1 aliphatic heterocycles. The van der Waals surface area contributed by atoms with Gasteiger partial charge in [-0.2, -0.15) is 0 Å². The van der Waals surface area contributed by atoms with E-state index >= 15 is 0 Å². The molecule has 34 heavy (non-hydrogen) atoms. The van der Waals surface area contributed by atoms with Crippen LogP contribution in [0.3, 0.4) is 0 Å². The summed E-state index contributed by atoms with van der Waals surface area (Å²) in [6, 6.07) is 13.1. The third-order valence-electron chi connectivity index (χ3n) is 6.41. The Labute approximate surface area is 197 Å². The third-order valence-corrected chi connectivity index (χ3v) is 6.41. The molecule has 5 rings (SSSR count). The number of benzene rings is 2. The van der Waals surface area contributed by atoms with Gasteiger partial charge in [-0.05, 0) is 57.0 Å². The molecular formula is C26H27N3O5. The van der Waals surface area contributed by atoms with Gasteiger partial charge < -0.3 is 23.3 Å². The summed E-state index contributed by atoms with van der Waals surface area (Å²) < 4.78 is 22.6. The predicted molar refractivity (Wildman–Crippen MR) is 125 cm³/mol. The molecule has 1 fully saturated rings. The zero-order valence-electron chi connectivity index (χ0n) is 19.5. The van der Waals surface area contributed by atoms with Gasteiger partial charge in [0.15, 0.2) is 23.0 Å². The first kappa shape index (κ1) is 22.0. The van der Waals surface area contributed by atoms with Gasteiger partial charge in [0, 0.05) is 24.6 Å². The van der Waals surface area contributed by atoms with Crippen LogP contribution in [-0.2, 0) is 6.61 Å². The van der Waals surface area contributed by atoms with Gasteiger partial charge in [0.2, 0.25) is 0 Å². The molecule has 0 radical (unpaired) electrons. The van der Waals surface area contributed by atoms with Crippen LogP contribution < -0.4 is 9.47 Å². The highest BCUT2D eigenvalue weighted by Gasteiger charge is 2.28. The lowest BCUT2D eigenvalue weighted by Crippen LogP contribution is -2.38. The zero-order valence-corrected chi connectivity index (χ0v) is 19.5. The van der Waals surface area contributed by atoms with Crippen LogP contribution in [0.2, 0.25) is 0 Å². The molecule has 3 heterocycles. The van der Waals surface area contributed by atoms with Crippen LogP contribution >= 0.6 is 0 Å². The number of hydrogen-bond donors (Lipinski definition) is 0. The Morgan fingerprint density at radius 2 is 1.91 bits per heavy atom. The minimum atomic E-state index is -0.0217. The summed E-state index contributed by atoms with van der Waals surface area (Å²) in [5.41, 5.74) is 3.95. The maximum atomic E-state index is 13.2. The van der Waals surface area contributed by atoms with E-state index in [-0.39, 0.29) is 11.8 Å². The Morgan fingerprint density at radius 1 is 1.12 bits per heavy atom. The molecule has 4 aromatic rings. The molecule has 0 saturated carbocycles. The number of oxazole rings is 1. The van der Waals surface area contributed by atoms with E-state index in [1.54, 1.807) is 25.3 Å². The van der Waals surface area contributed by atoms with E-state index in [1.165, 1.54) is 0 Å². The quantitative estimate of drug-likeness (QED) is 0.397. The number of carbonyl (C=O) groups excluding carboxylic acids is 1. The van der Waals surface area contributed by atoms with Gasteiger partial charge in [-0.3, -0.25) is 4.79 Å². The van der Waals surface area contributed by atoms with Crippen LogP contribution in [0.5, 0.6) is 11.5 Å². The summed E-state index contributed by atoms with van der Waals surface area (Å²) in [6.45, 7) is 5.34. The molecule has 0 N–H and O–H groups in total. The van der Waals surface area contributed by atoms with Crippen molar-refractivity contribution in [2.45, 2.75) is 39.2 Å². The van der Waals surface area contributed by atoms with Crippen LogP contribution in [-0.4, -0.2) is 41.1 Å². The average molecular weight is 462 g/mol. The van der Waals surface area contributed by atoms with Crippen LogP contribution in [0.1, 0.15) is 52.0 Å². The molecule has 0 spiro atoms. The van der Waals surface area contributed by atoms with Crippen LogP contribution in [0.4, 0.5) is 0 Å². The van der Waals surface area contributed by atoms with E-state index < -0.39 is 0 Å². The maximum Gasteiger partial charge on any atom is 0.253 e. The Balaban J connectivity index is 1.23. The Hall–Kier alpha value is -3.81. The van der Waals surface area contributed by atoms with Gasteiger partial charge in [-0.25, -0.2) is 4.98 Å². The van der Waals surface area contributed by atoms with Crippen molar-refractivity contribution < 1.29 is 23.2 Å². The van der Waals surface area contributed by atoms with Crippen molar-refractivity contribution in [2.75, 3.05) is 20.2 Å². The summed E-state index contributed by atoms with van der Waals surface area (Å²) in [4.78, 5) is 19.7. The molecule has 1 saturated heterocycles. The lowest BCUT2D eigenvalue weighted by Gasteiger charge is -2.30. The molecular weight excluding hydrogens is 434 g/mol. The van der Waals surface area contributed by atoms with Crippen molar-refractivity contribution in [2.24, 2.45) is 0 Å². The van der Waals surface area contributed by atoms with E-state index in [9.17, 15) is 4.79 Å². The standard InChI is InChI=1S/C26H27N3O5/c1-16-20(17(2)34-28-16)15-32-23-9-8-19(14-24(23)31-3)26(30)29-12-10-18(11-13-29)25-27-21-6-4-5-7-22(21)33-25/h4-9,14,18H,10-13,15H2,1-3H3. The summed E-state index contributed by atoms with van der Waals surface area (Å²) in [7, 11) is 1.57. The second-order valence-corrected chi connectivity index (χ2v) is 8.54. The van der Waals surface area contributed by atoms with Gasteiger partial charge in [-0.1, -0.05) is 17.3 Å². The number of rotatable bonds is 6. The molecule has 8 nitrogen and oxygen atoms in total. The molecule has 1 aliphatic rings. The van der Waals surface area contributed by atoms with Crippen molar-refractivity contribution in [1.82, 2.24) is 15.0 Å². The second-order valence-electron chi connectivity index (χ2n) is 8.54. The van der Waals surface area contributed by atoms with Gasteiger partial charge in [0.25, 0.3) is 5.91 Å². The van der Waals surface area contributed by atoms with Gasteiger partial charge in [0.1, 0.15) is 17.9 Å². The summed E-state index contributed by atoms with van der Waals surface area (Å²) >= 11 is 0. The highest BCUT2D eigenvalue weighted by molar-refractivity contribution is 5.95. The topological polar surface area (TPSA) is 90.8 Å². The van der Waals surface area contributed by atoms with Crippen molar-refractivity contribution in [3.05, 3.63) is 70.9 Å². The average Bonchev–Trinajstić information content (AvgIpc) is 3.45. The van der Waals surface area contributed by atoms with E-state index in [0.717, 1.165) is 46.8 Å². The van der Waals surface area contributed by atoms with Crippen LogP contribution in [0.15, 0.2) is 51.4 Å². The molecule has 0 bridgehead atoms. The maximum absolute atomic E-state index is 13.2. The second kappa shape index (κ2) is 9.21. The van der Waals surface area contributed by atoms with Crippen molar-refractivity contribution >= 4 is 17.0 Å². The first-order valence-corrected chi connectivity index (χ1v) is 11.4. The number of carbonyl (C=O) groups is 1. The first-order valence-electron chi connectivity index (χ1n) is 11.4. The largest absolute Gasteiger partial charge is 0.493 e. The Bertz CT molecular complexity index is 1260.